The normalized spacial score (nSPS) is 30.8. The minimum absolute atomic E-state index is 0.0621. The van der Waals surface area contributed by atoms with Crippen LogP contribution >= 0.6 is 0 Å². The van der Waals surface area contributed by atoms with Gasteiger partial charge in [0.1, 0.15) is 24.4 Å². The number of ether oxygens (including phenoxy) is 1. The van der Waals surface area contributed by atoms with Gasteiger partial charge in [-0.05, 0) is 0 Å². The van der Waals surface area contributed by atoms with E-state index >= 15 is 0 Å². The molecule has 4 atom stereocenters. The molecule has 0 bridgehead atoms. The molecule has 3 N–H and O–H groups in total. The fraction of sp³-hybridized carbons (Fsp3) is 0.636. The highest BCUT2D eigenvalue weighted by Gasteiger charge is 2.44. The number of aryl methyl sites for hydroxylation is 1. The topological polar surface area (TPSA) is 114 Å². The molecule has 0 aliphatic carbocycles. The first-order chi connectivity index (χ1) is 8.88. The van der Waals surface area contributed by atoms with Gasteiger partial charge in [-0.15, -0.1) is 0 Å². The highest BCUT2D eigenvalue weighted by Crippen LogP contribution is 2.31. The number of nitrogens with zero attached hydrogens (tertiary/aromatic N) is 2. The Bertz CT molecular complexity index is 592. The molecule has 1 aliphatic heterocycles. The van der Waals surface area contributed by atoms with Crippen LogP contribution in [0.15, 0.2) is 15.8 Å². The third-order valence-electron chi connectivity index (χ3n) is 3.32. The molecular weight excluding hydrogens is 256 g/mol. The van der Waals surface area contributed by atoms with Crippen LogP contribution in [0.25, 0.3) is 0 Å². The Morgan fingerprint density at radius 1 is 1.26 bits per heavy atom. The fourth-order valence-electron chi connectivity index (χ4n) is 2.19. The third kappa shape index (κ3) is 2.12. The third-order valence-corrected chi connectivity index (χ3v) is 3.32. The van der Waals surface area contributed by atoms with Crippen LogP contribution in [0.1, 0.15) is 11.7 Å². The maximum absolute atomic E-state index is 12.0. The van der Waals surface area contributed by atoms with Gasteiger partial charge in [0.25, 0.3) is 5.56 Å². The summed E-state index contributed by atoms with van der Waals surface area (Å²) in [6, 6.07) is 0. The second-order valence-corrected chi connectivity index (χ2v) is 4.60. The van der Waals surface area contributed by atoms with Crippen molar-refractivity contribution in [2.45, 2.75) is 24.4 Å². The number of hydrogen-bond acceptors (Lipinski definition) is 6. The molecule has 8 nitrogen and oxygen atoms in total. The summed E-state index contributed by atoms with van der Waals surface area (Å²) in [6.45, 7) is -0.471. The molecule has 1 saturated heterocycles. The van der Waals surface area contributed by atoms with Crippen LogP contribution in [0.5, 0.6) is 0 Å². The van der Waals surface area contributed by atoms with Crippen LogP contribution in [-0.4, -0.2) is 49.4 Å². The molecule has 0 unspecified atom stereocenters. The van der Waals surface area contributed by atoms with Crippen LogP contribution in [-0.2, 0) is 18.8 Å². The maximum atomic E-state index is 12.0. The highest BCUT2D eigenvalue weighted by atomic mass is 16.6. The smallest absolute Gasteiger partial charge is 0.330 e. The molecule has 0 amide bonds. The van der Waals surface area contributed by atoms with E-state index in [9.17, 15) is 19.8 Å². The van der Waals surface area contributed by atoms with Gasteiger partial charge in [0.15, 0.2) is 0 Å². The molecule has 106 valence electrons. The van der Waals surface area contributed by atoms with Crippen molar-refractivity contribution < 1.29 is 20.1 Å². The Morgan fingerprint density at radius 2 is 1.89 bits per heavy atom. The predicted octanol–water partition coefficient (Wildman–Crippen LogP) is -2.76. The number of aliphatic hydroxyl groups excluding tert-OH is 3. The summed E-state index contributed by atoms with van der Waals surface area (Å²) in [5, 5.41) is 28.5. The average molecular weight is 272 g/mol. The van der Waals surface area contributed by atoms with Gasteiger partial charge in [-0.3, -0.25) is 9.36 Å². The maximum Gasteiger partial charge on any atom is 0.330 e. The van der Waals surface area contributed by atoms with Crippen molar-refractivity contribution in [3.63, 3.8) is 0 Å². The van der Waals surface area contributed by atoms with Crippen molar-refractivity contribution in [2.75, 3.05) is 6.61 Å². The van der Waals surface area contributed by atoms with Crippen LogP contribution < -0.4 is 11.2 Å². The van der Waals surface area contributed by atoms with Crippen molar-refractivity contribution in [1.29, 1.82) is 0 Å². The van der Waals surface area contributed by atoms with Crippen molar-refractivity contribution >= 4 is 0 Å². The van der Waals surface area contributed by atoms with Crippen LogP contribution in [0.3, 0.4) is 0 Å². The predicted molar refractivity (Wildman–Crippen MR) is 63.6 cm³/mol. The van der Waals surface area contributed by atoms with E-state index in [1.165, 1.54) is 24.9 Å². The van der Waals surface area contributed by atoms with Crippen LogP contribution in [0.4, 0.5) is 0 Å². The van der Waals surface area contributed by atoms with Crippen molar-refractivity contribution in [2.24, 2.45) is 14.1 Å². The van der Waals surface area contributed by atoms with E-state index in [4.69, 9.17) is 9.84 Å². The quantitative estimate of drug-likeness (QED) is 0.537. The zero-order chi connectivity index (χ0) is 14.3. The number of hydrogen-bond donors (Lipinski definition) is 3. The minimum atomic E-state index is -1.33. The van der Waals surface area contributed by atoms with Gasteiger partial charge in [-0.1, -0.05) is 0 Å². The highest BCUT2D eigenvalue weighted by molar-refractivity contribution is 5.14. The van der Waals surface area contributed by atoms with Crippen molar-refractivity contribution in [3.8, 4) is 0 Å². The van der Waals surface area contributed by atoms with Gasteiger partial charge in [0.05, 0.1) is 12.2 Å². The van der Waals surface area contributed by atoms with E-state index in [1.807, 2.05) is 0 Å². The Labute approximate surface area is 108 Å². The summed E-state index contributed by atoms with van der Waals surface area (Å²) < 4.78 is 7.35. The molecule has 0 saturated carbocycles. The molecule has 2 heterocycles. The molecule has 2 rings (SSSR count). The molecule has 0 aromatic carbocycles. The summed E-state index contributed by atoms with van der Waals surface area (Å²) >= 11 is 0. The standard InChI is InChI=1S/C11H16N2O6/c1-12-3-5(10(17)13(2)11(12)18)9-8(16)7(15)6(4-14)19-9/h3,6-9,14-16H,4H2,1-2H3/t6-,7+,8-,9+/m0/s1. The minimum Gasteiger partial charge on any atom is -0.394 e. The second kappa shape index (κ2) is 4.89. The Morgan fingerprint density at radius 3 is 2.42 bits per heavy atom. The van der Waals surface area contributed by atoms with Gasteiger partial charge < -0.3 is 24.6 Å². The fourth-order valence-corrected chi connectivity index (χ4v) is 2.19. The largest absolute Gasteiger partial charge is 0.394 e. The lowest BCUT2D eigenvalue weighted by Gasteiger charge is -2.15. The summed E-state index contributed by atoms with van der Waals surface area (Å²) in [5.41, 5.74) is -1.04. The molecule has 1 aliphatic rings. The first-order valence-corrected chi connectivity index (χ1v) is 5.77. The van der Waals surface area contributed by atoms with E-state index in [0.29, 0.717) is 0 Å². The number of aliphatic hydroxyl groups is 3. The molecule has 19 heavy (non-hydrogen) atoms. The van der Waals surface area contributed by atoms with E-state index < -0.39 is 42.3 Å². The van der Waals surface area contributed by atoms with E-state index in [-0.39, 0.29) is 5.56 Å². The Kier molecular flexibility index (Phi) is 3.59. The summed E-state index contributed by atoms with van der Waals surface area (Å²) in [4.78, 5) is 23.5. The molecule has 0 spiro atoms. The SMILES string of the molecule is Cn1cc([C@H]2O[C@@H](CO)[C@@H](O)[C@@H]2O)c(=O)n(C)c1=O. The van der Waals surface area contributed by atoms with Crippen molar-refractivity contribution in [1.82, 2.24) is 9.13 Å². The van der Waals surface area contributed by atoms with Gasteiger partial charge >= 0.3 is 5.69 Å². The summed E-state index contributed by atoms with van der Waals surface area (Å²) in [6.07, 6.45) is -3.37. The van der Waals surface area contributed by atoms with Crippen LogP contribution in [0, 0.1) is 0 Å². The average Bonchev–Trinajstić information content (AvgIpc) is 2.68. The zero-order valence-electron chi connectivity index (χ0n) is 10.6. The summed E-state index contributed by atoms with van der Waals surface area (Å²) in [5.74, 6) is 0. The molecule has 8 heteroatoms. The molecule has 1 aromatic heterocycles. The second-order valence-electron chi connectivity index (χ2n) is 4.60. The van der Waals surface area contributed by atoms with Gasteiger partial charge in [-0.2, -0.15) is 0 Å². The first kappa shape index (κ1) is 13.9. The monoisotopic (exact) mass is 272 g/mol. The lowest BCUT2D eigenvalue weighted by Crippen LogP contribution is -2.40. The first-order valence-electron chi connectivity index (χ1n) is 5.77. The van der Waals surface area contributed by atoms with Crippen LogP contribution in [0.2, 0.25) is 0 Å². The summed E-state index contributed by atoms with van der Waals surface area (Å²) in [7, 11) is 2.78. The van der Waals surface area contributed by atoms with Gasteiger partial charge in [0, 0.05) is 20.3 Å². The Balaban J connectivity index is 2.50. The van der Waals surface area contributed by atoms with Gasteiger partial charge in [-0.25, -0.2) is 4.79 Å². The van der Waals surface area contributed by atoms with E-state index in [0.717, 1.165) is 4.57 Å². The molecule has 1 aromatic rings. The van der Waals surface area contributed by atoms with Crippen molar-refractivity contribution in [3.05, 3.63) is 32.6 Å². The molecule has 1 fully saturated rings. The number of aromatic nitrogens is 2. The lowest BCUT2D eigenvalue weighted by atomic mass is 10.0. The number of rotatable bonds is 2. The zero-order valence-corrected chi connectivity index (χ0v) is 10.6. The molecular formula is C11H16N2O6. The van der Waals surface area contributed by atoms with E-state index in [2.05, 4.69) is 0 Å². The molecule has 0 radical (unpaired) electrons. The Hall–Kier alpha value is -1.48. The lowest BCUT2D eigenvalue weighted by molar-refractivity contribution is -0.0234. The van der Waals surface area contributed by atoms with E-state index in [1.54, 1.807) is 0 Å². The van der Waals surface area contributed by atoms with Gasteiger partial charge in [0.2, 0.25) is 0 Å².